The number of rotatable bonds is 3. The molecule has 0 saturated carbocycles. The molecular weight excluding hydrogens is 348 g/mol. The highest BCUT2D eigenvalue weighted by molar-refractivity contribution is 5.86. The monoisotopic (exact) mass is 370 g/mol. The number of ether oxygens (including phenoxy) is 2. The van der Waals surface area contributed by atoms with Gasteiger partial charge in [0.2, 0.25) is 6.10 Å². The van der Waals surface area contributed by atoms with Crippen molar-refractivity contribution < 1.29 is 24.5 Å². The summed E-state index contributed by atoms with van der Waals surface area (Å²) in [5.74, 6) is 0.457. The van der Waals surface area contributed by atoms with Crippen molar-refractivity contribution in [3.8, 4) is 23.0 Å². The second-order valence-electron chi connectivity index (χ2n) is 7.31. The number of hydrazone groups is 1. The van der Waals surface area contributed by atoms with Gasteiger partial charge in [0.05, 0.1) is 6.21 Å². The van der Waals surface area contributed by atoms with Gasteiger partial charge in [0, 0.05) is 11.6 Å². The number of nitrogens with one attached hydrogen (secondary N) is 1. The number of fused-ring (bicyclic) bond motifs is 1. The number of aromatic hydroxyl groups is 2. The zero-order valence-electron chi connectivity index (χ0n) is 15.4. The molecule has 1 atom stereocenters. The molecule has 0 aromatic heterocycles. The van der Waals surface area contributed by atoms with Crippen molar-refractivity contribution in [1.29, 1.82) is 0 Å². The number of amides is 1. The third-order valence-corrected chi connectivity index (χ3v) is 4.15. The van der Waals surface area contributed by atoms with Crippen LogP contribution in [0.3, 0.4) is 0 Å². The standard InChI is InChI=1S/C20H22N2O5/c1-20(2,3)13-5-7-16-17(8-13)27-18(11-26-16)19(25)22-21-10-12-4-6-14(23)9-15(12)24/h4-10,18,23-24H,11H2,1-3H3,(H,22,25)/b21-10+/t18-/m1/s1. The topological polar surface area (TPSA) is 100 Å². The summed E-state index contributed by atoms with van der Waals surface area (Å²) in [6, 6.07) is 9.78. The van der Waals surface area contributed by atoms with Gasteiger partial charge in [-0.3, -0.25) is 4.79 Å². The Morgan fingerprint density at radius 3 is 2.67 bits per heavy atom. The largest absolute Gasteiger partial charge is 0.508 e. The molecule has 1 heterocycles. The average molecular weight is 370 g/mol. The van der Waals surface area contributed by atoms with Crippen molar-refractivity contribution in [2.75, 3.05) is 6.61 Å². The van der Waals surface area contributed by atoms with Crippen LogP contribution in [0.4, 0.5) is 0 Å². The summed E-state index contributed by atoms with van der Waals surface area (Å²) in [6.45, 7) is 6.36. The molecule has 142 valence electrons. The fraction of sp³-hybridized carbons (Fsp3) is 0.300. The van der Waals surface area contributed by atoms with Crippen LogP contribution < -0.4 is 14.9 Å². The van der Waals surface area contributed by atoms with Gasteiger partial charge in [-0.2, -0.15) is 5.10 Å². The zero-order valence-corrected chi connectivity index (χ0v) is 15.4. The Kier molecular flexibility index (Phi) is 4.94. The zero-order chi connectivity index (χ0) is 19.6. The van der Waals surface area contributed by atoms with E-state index in [9.17, 15) is 15.0 Å². The number of benzene rings is 2. The summed E-state index contributed by atoms with van der Waals surface area (Å²) in [6.07, 6.45) is 0.445. The molecule has 0 aliphatic carbocycles. The maximum atomic E-state index is 12.3. The molecule has 0 saturated heterocycles. The molecule has 0 radical (unpaired) electrons. The van der Waals surface area contributed by atoms with E-state index in [1.54, 1.807) is 0 Å². The first-order valence-corrected chi connectivity index (χ1v) is 8.53. The van der Waals surface area contributed by atoms with Crippen LogP contribution in [0, 0.1) is 0 Å². The van der Waals surface area contributed by atoms with Gasteiger partial charge in [-0.15, -0.1) is 0 Å². The van der Waals surface area contributed by atoms with E-state index in [0.717, 1.165) is 5.56 Å². The van der Waals surface area contributed by atoms with E-state index in [4.69, 9.17) is 9.47 Å². The van der Waals surface area contributed by atoms with Crippen LogP contribution >= 0.6 is 0 Å². The fourth-order valence-corrected chi connectivity index (χ4v) is 2.55. The molecule has 1 aliphatic rings. The third kappa shape index (κ3) is 4.31. The van der Waals surface area contributed by atoms with Gasteiger partial charge in [0.25, 0.3) is 5.91 Å². The molecule has 27 heavy (non-hydrogen) atoms. The number of phenols is 2. The SMILES string of the molecule is CC(C)(C)c1ccc2c(c1)O[C@@H](C(=O)N/N=C/c1ccc(O)cc1O)CO2. The van der Waals surface area contributed by atoms with E-state index in [1.807, 2.05) is 18.2 Å². The van der Waals surface area contributed by atoms with Crippen molar-refractivity contribution in [2.45, 2.75) is 32.3 Å². The van der Waals surface area contributed by atoms with Crippen LogP contribution in [0.15, 0.2) is 41.5 Å². The maximum Gasteiger partial charge on any atom is 0.284 e. The number of nitrogens with zero attached hydrogens (tertiary/aromatic N) is 1. The smallest absolute Gasteiger partial charge is 0.284 e. The average Bonchev–Trinajstić information content (AvgIpc) is 2.61. The Morgan fingerprint density at radius 2 is 1.96 bits per heavy atom. The molecule has 0 spiro atoms. The Morgan fingerprint density at radius 1 is 1.19 bits per heavy atom. The van der Waals surface area contributed by atoms with Crippen molar-refractivity contribution in [2.24, 2.45) is 5.10 Å². The van der Waals surface area contributed by atoms with Gasteiger partial charge in [-0.1, -0.05) is 26.8 Å². The quantitative estimate of drug-likeness (QED) is 0.570. The van der Waals surface area contributed by atoms with Gasteiger partial charge in [0.1, 0.15) is 18.1 Å². The highest BCUT2D eigenvalue weighted by atomic mass is 16.6. The Bertz CT molecular complexity index is 886. The Hall–Kier alpha value is -3.22. The summed E-state index contributed by atoms with van der Waals surface area (Å²) in [7, 11) is 0. The van der Waals surface area contributed by atoms with Crippen LogP contribution in [0.5, 0.6) is 23.0 Å². The minimum absolute atomic E-state index is 0.0516. The number of carbonyl (C=O) groups excluding carboxylic acids is 1. The molecule has 0 unspecified atom stereocenters. The number of phenolic OH excluding ortho intramolecular Hbond substituents is 2. The molecule has 1 aliphatic heterocycles. The number of hydrogen-bond donors (Lipinski definition) is 3. The van der Waals surface area contributed by atoms with Gasteiger partial charge < -0.3 is 19.7 Å². The highest BCUT2D eigenvalue weighted by Crippen LogP contribution is 2.36. The van der Waals surface area contributed by atoms with Crippen molar-refractivity contribution >= 4 is 12.1 Å². The normalized spacial score (nSPS) is 16.3. The van der Waals surface area contributed by atoms with Crippen LogP contribution in [-0.2, 0) is 10.2 Å². The number of hydrogen-bond acceptors (Lipinski definition) is 6. The predicted molar refractivity (Wildman–Crippen MR) is 101 cm³/mol. The molecule has 7 heteroatoms. The molecule has 3 N–H and O–H groups in total. The Balaban J connectivity index is 1.66. The lowest BCUT2D eigenvalue weighted by atomic mass is 9.87. The second kappa shape index (κ2) is 7.19. The molecule has 2 aromatic rings. The summed E-state index contributed by atoms with van der Waals surface area (Å²) < 4.78 is 11.4. The van der Waals surface area contributed by atoms with Crippen molar-refractivity contribution in [3.63, 3.8) is 0 Å². The van der Waals surface area contributed by atoms with Crippen molar-refractivity contribution in [3.05, 3.63) is 47.5 Å². The van der Waals surface area contributed by atoms with Crippen LogP contribution in [0.2, 0.25) is 0 Å². The fourth-order valence-electron chi connectivity index (χ4n) is 2.55. The van der Waals surface area contributed by atoms with Gasteiger partial charge in [-0.05, 0) is 35.2 Å². The van der Waals surface area contributed by atoms with E-state index in [1.165, 1.54) is 24.4 Å². The molecular formula is C20H22N2O5. The summed E-state index contributed by atoms with van der Waals surface area (Å²) in [4.78, 5) is 12.3. The van der Waals surface area contributed by atoms with E-state index in [-0.39, 0.29) is 23.5 Å². The van der Waals surface area contributed by atoms with E-state index < -0.39 is 12.0 Å². The van der Waals surface area contributed by atoms with Gasteiger partial charge in [0.15, 0.2) is 11.5 Å². The second-order valence-corrected chi connectivity index (χ2v) is 7.31. The van der Waals surface area contributed by atoms with E-state index in [2.05, 4.69) is 31.3 Å². The first kappa shape index (κ1) is 18.6. The lowest BCUT2D eigenvalue weighted by molar-refractivity contribution is -0.130. The van der Waals surface area contributed by atoms with Crippen LogP contribution in [0.25, 0.3) is 0 Å². The predicted octanol–water partition coefficient (Wildman–Crippen LogP) is 2.69. The van der Waals surface area contributed by atoms with E-state index >= 15 is 0 Å². The van der Waals surface area contributed by atoms with E-state index in [0.29, 0.717) is 17.1 Å². The molecule has 0 fully saturated rings. The third-order valence-electron chi connectivity index (χ3n) is 4.15. The summed E-state index contributed by atoms with van der Waals surface area (Å²) in [5, 5.41) is 22.8. The summed E-state index contributed by atoms with van der Waals surface area (Å²) >= 11 is 0. The minimum atomic E-state index is -0.835. The molecule has 7 nitrogen and oxygen atoms in total. The minimum Gasteiger partial charge on any atom is -0.508 e. The maximum absolute atomic E-state index is 12.3. The Labute approximate surface area is 157 Å². The molecule has 2 aromatic carbocycles. The van der Waals surface area contributed by atoms with Crippen molar-refractivity contribution in [1.82, 2.24) is 5.43 Å². The molecule has 1 amide bonds. The first-order chi connectivity index (χ1) is 12.7. The highest BCUT2D eigenvalue weighted by Gasteiger charge is 2.28. The van der Waals surface area contributed by atoms with Crippen LogP contribution in [-0.4, -0.2) is 35.0 Å². The van der Waals surface area contributed by atoms with Gasteiger partial charge >= 0.3 is 0 Å². The summed E-state index contributed by atoms with van der Waals surface area (Å²) in [5.41, 5.74) is 3.75. The van der Waals surface area contributed by atoms with Gasteiger partial charge in [-0.25, -0.2) is 5.43 Å². The lowest BCUT2D eigenvalue weighted by Gasteiger charge is -2.27. The first-order valence-electron chi connectivity index (χ1n) is 8.53. The number of carbonyl (C=O) groups is 1. The van der Waals surface area contributed by atoms with Crippen LogP contribution in [0.1, 0.15) is 31.9 Å². The molecule has 3 rings (SSSR count). The lowest BCUT2D eigenvalue weighted by Crippen LogP contribution is -2.42. The molecule has 0 bridgehead atoms.